The van der Waals surface area contributed by atoms with Gasteiger partial charge in [0.1, 0.15) is 0 Å². The van der Waals surface area contributed by atoms with E-state index in [2.05, 4.69) is 26.5 Å². The van der Waals surface area contributed by atoms with E-state index >= 15 is 0 Å². The molecule has 0 aromatic carbocycles. The lowest BCUT2D eigenvalue weighted by atomic mass is 10.1. The highest BCUT2D eigenvalue weighted by atomic mass is 14.7. The second-order valence-corrected chi connectivity index (χ2v) is 3.93. The molecule has 3 atom stereocenters. The van der Waals surface area contributed by atoms with Gasteiger partial charge in [-0.1, -0.05) is 31.2 Å². The minimum Gasteiger partial charge on any atom is -0.327 e. The fourth-order valence-electron chi connectivity index (χ4n) is 1.53. The van der Waals surface area contributed by atoms with Gasteiger partial charge in [0.15, 0.2) is 0 Å². The molecule has 0 aromatic heterocycles. The monoisotopic (exact) mass is 165 g/mol. The van der Waals surface area contributed by atoms with E-state index in [1.54, 1.807) is 0 Å². The van der Waals surface area contributed by atoms with Crippen LogP contribution in [0.1, 0.15) is 26.7 Å². The van der Waals surface area contributed by atoms with E-state index in [1.807, 2.05) is 6.08 Å². The summed E-state index contributed by atoms with van der Waals surface area (Å²) in [6.45, 7) is 8.04. The van der Waals surface area contributed by atoms with Crippen LogP contribution in [0.4, 0.5) is 0 Å². The van der Waals surface area contributed by atoms with E-state index in [9.17, 15) is 0 Å². The molecule has 0 amide bonds. The van der Waals surface area contributed by atoms with Crippen LogP contribution in [-0.4, -0.2) is 6.04 Å². The van der Waals surface area contributed by atoms with E-state index in [0.717, 1.165) is 18.3 Å². The van der Waals surface area contributed by atoms with E-state index in [4.69, 9.17) is 5.73 Å². The van der Waals surface area contributed by atoms with Gasteiger partial charge in [0.05, 0.1) is 0 Å². The maximum atomic E-state index is 5.99. The molecule has 12 heavy (non-hydrogen) atoms. The highest BCUT2D eigenvalue weighted by molar-refractivity contribution is 5.13. The molecule has 3 unspecified atom stereocenters. The zero-order valence-corrected chi connectivity index (χ0v) is 8.09. The first kappa shape index (κ1) is 9.53. The largest absolute Gasteiger partial charge is 0.327 e. The van der Waals surface area contributed by atoms with Gasteiger partial charge in [-0.15, -0.1) is 0 Å². The third-order valence-electron chi connectivity index (χ3n) is 2.76. The van der Waals surface area contributed by atoms with Gasteiger partial charge in [-0.2, -0.15) is 0 Å². The van der Waals surface area contributed by atoms with Crippen LogP contribution in [0.3, 0.4) is 0 Å². The van der Waals surface area contributed by atoms with Crippen LogP contribution in [0.2, 0.25) is 0 Å². The molecular weight excluding hydrogens is 146 g/mol. The summed E-state index contributed by atoms with van der Waals surface area (Å²) in [6.07, 6.45) is 6.39. The van der Waals surface area contributed by atoms with E-state index in [-0.39, 0.29) is 0 Å². The number of hydrogen-bond donors (Lipinski definition) is 1. The lowest BCUT2D eigenvalue weighted by Crippen LogP contribution is -2.22. The summed E-state index contributed by atoms with van der Waals surface area (Å²) in [5, 5.41) is 0. The van der Waals surface area contributed by atoms with Crippen molar-refractivity contribution < 1.29 is 0 Å². The zero-order valence-electron chi connectivity index (χ0n) is 8.09. The first-order chi connectivity index (χ1) is 5.65. The third-order valence-corrected chi connectivity index (χ3v) is 2.76. The van der Waals surface area contributed by atoms with Gasteiger partial charge in [-0.3, -0.25) is 0 Å². The Morgan fingerprint density at radius 2 is 2.33 bits per heavy atom. The lowest BCUT2D eigenvalue weighted by Gasteiger charge is -2.07. The van der Waals surface area contributed by atoms with E-state index < -0.39 is 0 Å². The van der Waals surface area contributed by atoms with Crippen LogP contribution in [0.15, 0.2) is 24.3 Å². The minimum absolute atomic E-state index is 0.370. The van der Waals surface area contributed by atoms with Gasteiger partial charge in [-0.05, 0) is 31.6 Å². The second-order valence-electron chi connectivity index (χ2n) is 3.93. The van der Waals surface area contributed by atoms with Crippen molar-refractivity contribution in [1.82, 2.24) is 0 Å². The van der Waals surface area contributed by atoms with E-state index in [1.165, 1.54) is 12.0 Å². The van der Waals surface area contributed by atoms with Gasteiger partial charge in [0, 0.05) is 6.04 Å². The Morgan fingerprint density at radius 1 is 1.75 bits per heavy atom. The van der Waals surface area contributed by atoms with E-state index in [0.29, 0.717) is 6.04 Å². The Bertz CT molecular complexity index is 193. The van der Waals surface area contributed by atoms with Crippen molar-refractivity contribution in [1.29, 1.82) is 0 Å². The molecule has 0 aromatic rings. The molecule has 0 bridgehead atoms. The number of nitrogens with two attached hydrogens (primary N) is 1. The molecule has 1 rings (SSSR count). The third kappa shape index (κ3) is 2.49. The van der Waals surface area contributed by atoms with Crippen molar-refractivity contribution >= 4 is 0 Å². The van der Waals surface area contributed by atoms with Gasteiger partial charge in [0.2, 0.25) is 0 Å². The normalized spacial score (nSPS) is 31.4. The number of allylic oxidation sites excluding steroid dienone is 2. The van der Waals surface area contributed by atoms with Gasteiger partial charge >= 0.3 is 0 Å². The Balaban J connectivity index is 2.27. The molecule has 68 valence electrons. The zero-order chi connectivity index (χ0) is 9.14. The SMILES string of the molecule is C=CC(C)=CCC(N)C1CC1C. The molecule has 1 aliphatic carbocycles. The Hall–Kier alpha value is -0.560. The summed E-state index contributed by atoms with van der Waals surface area (Å²) < 4.78 is 0. The smallest absolute Gasteiger partial charge is 0.0105 e. The summed E-state index contributed by atoms with van der Waals surface area (Å²) in [5.41, 5.74) is 7.23. The summed E-state index contributed by atoms with van der Waals surface area (Å²) in [6, 6.07) is 0.370. The van der Waals surface area contributed by atoms with Crippen LogP contribution in [0, 0.1) is 11.8 Å². The van der Waals surface area contributed by atoms with Crippen molar-refractivity contribution in [2.45, 2.75) is 32.7 Å². The molecule has 0 radical (unpaired) electrons. The molecule has 1 aliphatic rings. The molecule has 0 saturated heterocycles. The molecule has 0 heterocycles. The predicted molar refractivity (Wildman–Crippen MR) is 53.8 cm³/mol. The molecular formula is C11H19N. The predicted octanol–water partition coefficient (Wildman–Crippen LogP) is 2.49. The molecule has 0 aliphatic heterocycles. The molecule has 1 nitrogen and oxygen atoms in total. The maximum Gasteiger partial charge on any atom is 0.0105 e. The molecule has 2 N–H and O–H groups in total. The average molecular weight is 165 g/mol. The molecule has 1 saturated carbocycles. The molecule has 0 spiro atoms. The Morgan fingerprint density at radius 3 is 2.75 bits per heavy atom. The average Bonchev–Trinajstić information content (AvgIpc) is 2.77. The Kier molecular flexibility index (Phi) is 3.10. The lowest BCUT2D eigenvalue weighted by molar-refractivity contribution is 0.568. The quantitative estimate of drug-likeness (QED) is 0.636. The molecule has 1 fully saturated rings. The second kappa shape index (κ2) is 3.90. The number of rotatable bonds is 4. The summed E-state index contributed by atoms with van der Waals surface area (Å²) in [4.78, 5) is 0. The first-order valence-electron chi connectivity index (χ1n) is 4.70. The topological polar surface area (TPSA) is 26.0 Å². The van der Waals surface area contributed by atoms with Crippen LogP contribution >= 0.6 is 0 Å². The van der Waals surface area contributed by atoms with Crippen molar-refractivity contribution in [3.63, 3.8) is 0 Å². The summed E-state index contributed by atoms with van der Waals surface area (Å²) in [5.74, 6) is 1.64. The van der Waals surface area contributed by atoms with Crippen LogP contribution < -0.4 is 5.73 Å². The van der Waals surface area contributed by atoms with Crippen LogP contribution in [0.5, 0.6) is 0 Å². The highest BCUT2D eigenvalue weighted by Crippen LogP contribution is 2.40. The van der Waals surface area contributed by atoms with Crippen molar-refractivity contribution in [3.05, 3.63) is 24.3 Å². The van der Waals surface area contributed by atoms with Gasteiger partial charge in [0.25, 0.3) is 0 Å². The Labute approximate surface area is 75.3 Å². The van der Waals surface area contributed by atoms with Crippen LogP contribution in [0.25, 0.3) is 0 Å². The molecule has 1 heteroatoms. The fourth-order valence-corrected chi connectivity index (χ4v) is 1.53. The fraction of sp³-hybridized carbons (Fsp3) is 0.636. The summed E-state index contributed by atoms with van der Waals surface area (Å²) >= 11 is 0. The van der Waals surface area contributed by atoms with Crippen molar-refractivity contribution in [2.24, 2.45) is 17.6 Å². The highest BCUT2D eigenvalue weighted by Gasteiger charge is 2.36. The van der Waals surface area contributed by atoms with Gasteiger partial charge < -0.3 is 5.73 Å². The minimum atomic E-state index is 0.370. The summed E-state index contributed by atoms with van der Waals surface area (Å²) in [7, 11) is 0. The van der Waals surface area contributed by atoms with Crippen molar-refractivity contribution in [2.75, 3.05) is 0 Å². The first-order valence-corrected chi connectivity index (χ1v) is 4.70. The van der Waals surface area contributed by atoms with Crippen molar-refractivity contribution in [3.8, 4) is 0 Å². The van der Waals surface area contributed by atoms with Crippen LogP contribution in [-0.2, 0) is 0 Å². The standard InChI is InChI=1S/C11H19N/c1-4-8(2)5-6-11(12)10-7-9(10)3/h4-5,9-11H,1,6-7,12H2,2-3H3. The number of hydrogen-bond acceptors (Lipinski definition) is 1. The maximum absolute atomic E-state index is 5.99. The van der Waals surface area contributed by atoms with Gasteiger partial charge in [-0.25, -0.2) is 0 Å².